The van der Waals surface area contributed by atoms with Crippen molar-refractivity contribution in [2.45, 2.75) is 6.92 Å². The molecule has 0 atom stereocenters. The molecule has 0 bridgehead atoms. The molecule has 0 unspecified atom stereocenters. The first-order valence-corrected chi connectivity index (χ1v) is 6.34. The van der Waals surface area contributed by atoms with Crippen LogP contribution in [-0.2, 0) is 7.05 Å². The zero-order chi connectivity index (χ0) is 15.4. The van der Waals surface area contributed by atoms with Crippen molar-refractivity contribution in [3.63, 3.8) is 0 Å². The predicted octanol–water partition coefficient (Wildman–Crippen LogP) is 1.37. The zero-order valence-electron chi connectivity index (χ0n) is 11.8. The molecule has 1 aromatic heterocycles. The average molecular weight is 288 g/mol. The lowest BCUT2D eigenvalue weighted by Crippen LogP contribution is -2.15. The van der Waals surface area contributed by atoms with Crippen LogP contribution in [0.25, 0.3) is 0 Å². The largest absolute Gasteiger partial charge is 0.507 e. The molecule has 0 fully saturated rings. The number of carbonyl (C=O) groups is 1. The number of hydrogen-bond donors (Lipinski definition) is 2. The fraction of sp³-hybridized carbons (Fsp3) is 0.214. The van der Waals surface area contributed by atoms with Gasteiger partial charge in [0.15, 0.2) is 5.69 Å². The fourth-order valence-corrected chi connectivity index (χ4v) is 1.83. The summed E-state index contributed by atoms with van der Waals surface area (Å²) < 4.78 is 6.63. The average Bonchev–Trinajstić information content (AvgIpc) is 2.79. The van der Waals surface area contributed by atoms with Crippen molar-refractivity contribution >= 4 is 17.8 Å². The highest BCUT2D eigenvalue weighted by molar-refractivity contribution is 5.97. The molecule has 0 spiro atoms. The number of benzene rings is 1. The van der Waals surface area contributed by atoms with E-state index < -0.39 is 5.91 Å². The molecule has 0 aliphatic carbocycles. The smallest absolute Gasteiger partial charge is 0.269 e. The maximum Gasteiger partial charge on any atom is 0.269 e. The molecular weight excluding hydrogens is 272 g/mol. The lowest BCUT2D eigenvalue weighted by Gasteiger charge is -2.04. The zero-order valence-corrected chi connectivity index (χ0v) is 11.8. The van der Waals surface area contributed by atoms with Gasteiger partial charge < -0.3 is 15.6 Å². The van der Waals surface area contributed by atoms with Crippen LogP contribution in [0.4, 0.5) is 5.69 Å². The van der Waals surface area contributed by atoms with Gasteiger partial charge in [-0.25, -0.2) is 0 Å². The van der Waals surface area contributed by atoms with Gasteiger partial charge in [-0.3, -0.25) is 14.5 Å². The Hall–Kier alpha value is -2.83. The van der Waals surface area contributed by atoms with Crippen LogP contribution in [0.1, 0.15) is 23.0 Å². The minimum absolute atomic E-state index is 0.0363. The number of rotatable bonds is 5. The van der Waals surface area contributed by atoms with E-state index in [0.29, 0.717) is 23.6 Å². The monoisotopic (exact) mass is 288 g/mol. The number of aryl methyl sites for hydroxylation is 1. The van der Waals surface area contributed by atoms with Crippen molar-refractivity contribution in [2.24, 2.45) is 17.8 Å². The minimum atomic E-state index is -0.613. The second kappa shape index (κ2) is 6.08. The van der Waals surface area contributed by atoms with Gasteiger partial charge in [-0.05, 0) is 19.1 Å². The van der Waals surface area contributed by atoms with Crippen LogP contribution in [-0.4, -0.2) is 33.6 Å². The Morgan fingerprint density at radius 1 is 1.57 bits per heavy atom. The number of nitrogens with two attached hydrogens (primary N) is 1. The number of nitrogens with zero attached hydrogens (tertiary/aromatic N) is 3. The summed E-state index contributed by atoms with van der Waals surface area (Å²) in [6.45, 7) is 2.38. The molecule has 3 N–H and O–H groups in total. The number of aromatic hydroxyl groups is 1. The van der Waals surface area contributed by atoms with Crippen LogP contribution in [0.2, 0.25) is 0 Å². The molecule has 21 heavy (non-hydrogen) atoms. The van der Waals surface area contributed by atoms with Crippen molar-refractivity contribution < 1.29 is 14.6 Å². The van der Waals surface area contributed by atoms with Crippen LogP contribution >= 0.6 is 0 Å². The molecule has 7 nitrogen and oxygen atoms in total. The number of phenolic OH excluding ortho intramolecular Hbond substituents is 1. The number of aromatic nitrogens is 2. The van der Waals surface area contributed by atoms with Gasteiger partial charge in [-0.2, -0.15) is 5.10 Å². The molecule has 1 aromatic carbocycles. The highest BCUT2D eigenvalue weighted by atomic mass is 16.5. The lowest BCUT2D eigenvalue weighted by atomic mass is 10.2. The molecule has 0 saturated heterocycles. The van der Waals surface area contributed by atoms with E-state index in [9.17, 15) is 9.90 Å². The molecule has 1 heterocycles. The summed E-state index contributed by atoms with van der Waals surface area (Å²) in [4.78, 5) is 15.5. The molecule has 0 aliphatic heterocycles. The third kappa shape index (κ3) is 3.19. The maximum atomic E-state index is 11.3. The second-order valence-corrected chi connectivity index (χ2v) is 4.28. The third-order valence-corrected chi connectivity index (χ3v) is 2.81. The highest BCUT2D eigenvalue weighted by Gasteiger charge is 2.12. The van der Waals surface area contributed by atoms with E-state index in [1.807, 2.05) is 6.92 Å². The molecule has 2 aromatic rings. The van der Waals surface area contributed by atoms with E-state index in [4.69, 9.17) is 10.5 Å². The van der Waals surface area contributed by atoms with Gasteiger partial charge in [-0.15, -0.1) is 0 Å². The van der Waals surface area contributed by atoms with E-state index in [1.54, 1.807) is 19.2 Å². The summed E-state index contributed by atoms with van der Waals surface area (Å²) in [5, 5.41) is 13.8. The maximum absolute atomic E-state index is 11.3. The van der Waals surface area contributed by atoms with Gasteiger partial charge in [0.25, 0.3) is 5.91 Å². The quantitative estimate of drug-likeness (QED) is 0.811. The number of ether oxygens (including phenoxy) is 1. The van der Waals surface area contributed by atoms with Crippen molar-refractivity contribution in [3.8, 4) is 11.5 Å². The molecule has 7 heteroatoms. The van der Waals surface area contributed by atoms with E-state index in [0.717, 1.165) is 0 Å². The van der Waals surface area contributed by atoms with Crippen molar-refractivity contribution in [2.75, 3.05) is 6.61 Å². The fourth-order valence-electron chi connectivity index (χ4n) is 1.83. The Morgan fingerprint density at radius 3 is 2.95 bits per heavy atom. The van der Waals surface area contributed by atoms with E-state index in [2.05, 4.69) is 10.1 Å². The number of aliphatic imine (C=N–C) groups is 1. The normalized spacial score (nSPS) is 11.0. The molecule has 0 aliphatic rings. The van der Waals surface area contributed by atoms with Gasteiger partial charge in [0.05, 0.1) is 12.8 Å². The van der Waals surface area contributed by atoms with Crippen LogP contribution < -0.4 is 10.5 Å². The van der Waals surface area contributed by atoms with E-state index in [-0.39, 0.29) is 11.4 Å². The molecule has 0 saturated carbocycles. The van der Waals surface area contributed by atoms with Gasteiger partial charge in [0.2, 0.25) is 0 Å². The number of amides is 1. The molecular formula is C14H16N4O3. The number of primary amides is 1. The van der Waals surface area contributed by atoms with Crippen molar-refractivity contribution in [1.82, 2.24) is 9.78 Å². The first-order chi connectivity index (χ1) is 10.0. The summed E-state index contributed by atoms with van der Waals surface area (Å²) in [6, 6.07) is 4.90. The second-order valence-electron chi connectivity index (χ2n) is 4.28. The van der Waals surface area contributed by atoms with E-state index >= 15 is 0 Å². The van der Waals surface area contributed by atoms with Crippen molar-refractivity contribution in [1.29, 1.82) is 0 Å². The Balaban J connectivity index is 2.28. The molecule has 0 radical (unpaired) electrons. The predicted molar refractivity (Wildman–Crippen MR) is 78.3 cm³/mol. The summed E-state index contributed by atoms with van der Waals surface area (Å²) in [6.07, 6.45) is 2.87. The standard InChI is InChI=1S/C14H16N4O3/c1-3-21-10-5-4-9(12(19)6-10)7-16-11-8-17-18(2)13(11)14(15)20/h4-8,19H,3H2,1-2H3,(H2,15,20). The molecule has 110 valence electrons. The Bertz CT molecular complexity index is 692. The minimum Gasteiger partial charge on any atom is -0.507 e. The first-order valence-electron chi connectivity index (χ1n) is 6.34. The Kier molecular flexibility index (Phi) is 4.22. The van der Waals surface area contributed by atoms with Gasteiger partial charge in [-0.1, -0.05) is 0 Å². The summed E-state index contributed by atoms with van der Waals surface area (Å²) >= 11 is 0. The van der Waals surface area contributed by atoms with Crippen LogP contribution in [0.15, 0.2) is 29.4 Å². The van der Waals surface area contributed by atoms with Crippen molar-refractivity contribution in [3.05, 3.63) is 35.7 Å². The summed E-state index contributed by atoms with van der Waals surface area (Å²) in [5.74, 6) is -0.00127. The number of hydrogen-bond acceptors (Lipinski definition) is 5. The van der Waals surface area contributed by atoms with Gasteiger partial charge in [0, 0.05) is 24.9 Å². The molecule has 2 rings (SSSR count). The summed E-state index contributed by atoms with van der Waals surface area (Å²) in [7, 11) is 1.60. The SMILES string of the molecule is CCOc1ccc(C=Nc2cnn(C)c2C(N)=O)c(O)c1. The topological polar surface area (TPSA) is 103 Å². The molecule has 1 amide bonds. The third-order valence-electron chi connectivity index (χ3n) is 2.81. The van der Waals surface area contributed by atoms with Crippen LogP contribution in [0.5, 0.6) is 11.5 Å². The first kappa shape index (κ1) is 14.6. The Morgan fingerprint density at radius 2 is 2.33 bits per heavy atom. The van der Waals surface area contributed by atoms with Gasteiger partial charge in [0.1, 0.15) is 17.2 Å². The van der Waals surface area contributed by atoms with Crippen LogP contribution in [0.3, 0.4) is 0 Å². The number of carbonyl (C=O) groups excluding carboxylic acids is 1. The lowest BCUT2D eigenvalue weighted by molar-refractivity contribution is 0.0992. The van der Waals surface area contributed by atoms with E-state index in [1.165, 1.54) is 23.2 Å². The summed E-state index contributed by atoms with van der Waals surface area (Å²) in [5.41, 5.74) is 6.32. The highest BCUT2D eigenvalue weighted by Crippen LogP contribution is 2.24. The number of phenols is 1. The van der Waals surface area contributed by atoms with Gasteiger partial charge >= 0.3 is 0 Å². The van der Waals surface area contributed by atoms with Crippen LogP contribution in [0, 0.1) is 0 Å². The Labute approximate surface area is 121 Å².